The number of hydrogen-bond donors (Lipinski definition) is 1. The Morgan fingerprint density at radius 2 is 1.65 bits per heavy atom. The number of aliphatic hydroxyl groups excluding tert-OH is 1. The van der Waals surface area contributed by atoms with Gasteiger partial charge in [0, 0.05) is 18.1 Å². The average molecular weight is 234 g/mol. The molecule has 2 bridgehead atoms. The Balaban J connectivity index is 1.77. The topological polar surface area (TPSA) is 47.3 Å². The zero-order valence-electron chi connectivity index (χ0n) is 10.4. The third-order valence-electron chi connectivity index (χ3n) is 5.04. The van der Waals surface area contributed by atoms with Gasteiger partial charge in [0.05, 0.1) is 18.1 Å². The summed E-state index contributed by atoms with van der Waals surface area (Å²) in [6, 6.07) is 4.13. The molecule has 3 nitrogen and oxygen atoms in total. The van der Waals surface area contributed by atoms with Crippen LogP contribution >= 0.6 is 0 Å². The van der Waals surface area contributed by atoms with E-state index in [0.29, 0.717) is 18.1 Å². The monoisotopic (exact) mass is 234 g/mol. The molecule has 1 saturated carbocycles. The second-order valence-corrected chi connectivity index (χ2v) is 6.04. The van der Waals surface area contributed by atoms with Crippen molar-refractivity contribution in [2.45, 2.75) is 75.6 Å². The van der Waals surface area contributed by atoms with E-state index in [4.69, 9.17) is 0 Å². The van der Waals surface area contributed by atoms with E-state index in [1.807, 2.05) is 0 Å². The van der Waals surface area contributed by atoms with Crippen LogP contribution in [-0.2, 0) is 0 Å². The van der Waals surface area contributed by atoms with Gasteiger partial charge in [0.1, 0.15) is 0 Å². The second kappa shape index (κ2) is 4.59. The zero-order valence-corrected chi connectivity index (χ0v) is 10.4. The molecule has 0 aromatic rings. The first kappa shape index (κ1) is 11.5. The third kappa shape index (κ3) is 1.98. The maximum atomic E-state index is 9.84. The smallest absolute Gasteiger partial charge is 0.0672 e. The van der Waals surface area contributed by atoms with E-state index in [2.05, 4.69) is 11.0 Å². The first-order valence-corrected chi connectivity index (χ1v) is 7.14. The molecule has 17 heavy (non-hydrogen) atoms. The maximum absolute atomic E-state index is 9.84. The van der Waals surface area contributed by atoms with Crippen molar-refractivity contribution >= 4 is 0 Å². The molecule has 0 aromatic carbocycles. The van der Waals surface area contributed by atoms with Crippen LogP contribution in [0, 0.1) is 17.2 Å². The van der Waals surface area contributed by atoms with Gasteiger partial charge in [-0.15, -0.1) is 0 Å². The fourth-order valence-corrected chi connectivity index (χ4v) is 4.34. The summed E-state index contributed by atoms with van der Waals surface area (Å²) in [5.41, 5.74) is 0. The van der Waals surface area contributed by atoms with E-state index in [1.54, 1.807) is 0 Å². The van der Waals surface area contributed by atoms with Gasteiger partial charge >= 0.3 is 0 Å². The summed E-state index contributed by atoms with van der Waals surface area (Å²) in [5, 5.41) is 19.1. The molecular formula is C14H22N2O. The highest BCUT2D eigenvalue weighted by Crippen LogP contribution is 2.41. The van der Waals surface area contributed by atoms with E-state index in [-0.39, 0.29) is 12.0 Å². The Bertz CT molecular complexity index is 311. The Labute approximate surface area is 103 Å². The van der Waals surface area contributed by atoms with Crippen LogP contribution in [0.15, 0.2) is 0 Å². The second-order valence-electron chi connectivity index (χ2n) is 6.04. The summed E-state index contributed by atoms with van der Waals surface area (Å²) in [6.45, 7) is 0. The lowest BCUT2D eigenvalue weighted by Crippen LogP contribution is -2.53. The van der Waals surface area contributed by atoms with Gasteiger partial charge in [-0.3, -0.25) is 4.90 Å². The van der Waals surface area contributed by atoms with Crippen LogP contribution in [-0.4, -0.2) is 34.2 Å². The van der Waals surface area contributed by atoms with E-state index in [9.17, 15) is 10.4 Å². The molecule has 3 rings (SSSR count). The number of piperidine rings is 1. The molecule has 3 fully saturated rings. The Morgan fingerprint density at radius 3 is 2.29 bits per heavy atom. The largest absolute Gasteiger partial charge is 0.393 e. The van der Waals surface area contributed by atoms with Gasteiger partial charge < -0.3 is 5.11 Å². The molecule has 1 N–H and O–H groups in total. The van der Waals surface area contributed by atoms with E-state index < -0.39 is 0 Å². The highest BCUT2D eigenvalue weighted by atomic mass is 16.3. The summed E-state index contributed by atoms with van der Waals surface area (Å²) < 4.78 is 0. The predicted molar refractivity (Wildman–Crippen MR) is 65.2 cm³/mol. The first-order chi connectivity index (χ1) is 8.29. The van der Waals surface area contributed by atoms with Gasteiger partial charge in [0.15, 0.2) is 0 Å². The zero-order chi connectivity index (χ0) is 11.8. The van der Waals surface area contributed by atoms with Crippen molar-refractivity contribution in [2.75, 3.05) is 0 Å². The number of hydrogen-bond acceptors (Lipinski definition) is 3. The normalized spacial score (nSPS) is 46.7. The highest BCUT2D eigenvalue weighted by molar-refractivity contribution is 5.04. The average Bonchev–Trinajstić information content (AvgIpc) is 2.61. The quantitative estimate of drug-likeness (QED) is 0.755. The molecule has 0 spiro atoms. The number of nitrogens with zero attached hydrogens (tertiary/aromatic N) is 2. The van der Waals surface area contributed by atoms with Crippen molar-refractivity contribution in [3.63, 3.8) is 0 Å². The number of nitriles is 1. The maximum Gasteiger partial charge on any atom is 0.0672 e. The lowest BCUT2D eigenvalue weighted by Gasteiger charge is -2.45. The molecule has 2 heterocycles. The first-order valence-electron chi connectivity index (χ1n) is 7.14. The van der Waals surface area contributed by atoms with E-state index >= 15 is 0 Å². The van der Waals surface area contributed by atoms with Crippen molar-refractivity contribution in [3.8, 4) is 6.07 Å². The minimum atomic E-state index is -0.0899. The van der Waals surface area contributed by atoms with Gasteiger partial charge in [-0.2, -0.15) is 5.26 Å². The molecule has 0 aromatic heterocycles. The Kier molecular flexibility index (Phi) is 3.10. The lowest BCUT2D eigenvalue weighted by molar-refractivity contribution is -0.00902. The molecule has 0 amide bonds. The molecule has 94 valence electrons. The minimum Gasteiger partial charge on any atom is -0.393 e. The van der Waals surface area contributed by atoms with Crippen LogP contribution in [0.25, 0.3) is 0 Å². The molecule has 3 heteroatoms. The molecule has 4 unspecified atom stereocenters. The summed E-state index contributed by atoms with van der Waals surface area (Å²) >= 11 is 0. The highest BCUT2D eigenvalue weighted by Gasteiger charge is 2.45. The van der Waals surface area contributed by atoms with Crippen molar-refractivity contribution in [1.29, 1.82) is 5.26 Å². The van der Waals surface area contributed by atoms with Crippen LogP contribution in [0.4, 0.5) is 0 Å². The number of aliphatic hydroxyl groups is 1. The Hall–Kier alpha value is -0.590. The fraction of sp³-hybridized carbons (Fsp3) is 0.929. The van der Waals surface area contributed by atoms with Crippen LogP contribution in [0.3, 0.4) is 0 Å². The van der Waals surface area contributed by atoms with Crippen molar-refractivity contribution in [1.82, 2.24) is 4.90 Å². The van der Waals surface area contributed by atoms with Gasteiger partial charge in [-0.25, -0.2) is 0 Å². The van der Waals surface area contributed by atoms with Gasteiger partial charge in [0.2, 0.25) is 0 Å². The number of fused-ring (bicyclic) bond motifs is 2. The molecule has 1 aliphatic carbocycles. The fourth-order valence-electron chi connectivity index (χ4n) is 4.34. The standard InChI is InChI=1S/C14H22N2O/c15-9-10-3-1-2-4-14(10)16-11-5-6-12(16)8-13(17)7-11/h10-14,17H,1-8H2. The van der Waals surface area contributed by atoms with Crippen LogP contribution in [0.1, 0.15) is 51.4 Å². The molecule has 3 aliphatic rings. The summed E-state index contributed by atoms with van der Waals surface area (Å²) in [7, 11) is 0. The Morgan fingerprint density at radius 1 is 1.00 bits per heavy atom. The summed E-state index contributed by atoms with van der Waals surface area (Å²) in [4.78, 5) is 2.62. The lowest BCUT2D eigenvalue weighted by atomic mass is 9.82. The van der Waals surface area contributed by atoms with Crippen LogP contribution < -0.4 is 0 Å². The molecule has 2 saturated heterocycles. The SMILES string of the molecule is N#CC1CCCCC1N1C2CCC1CC(O)C2. The number of rotatable bonds is 1. The molecule has 4 atom stereocenters. The van der Waals surface area contributed by atoms with Crippen molar-refractivity contribution < 1.29 is 5.11 Å². The van der Waals surface area contributed by atoms with Gasteiger partial charge in [-0.05, 0) is 38.5 Å². The van der Waals surface area contributed by atoms with E-state index in [1.165, 1.54) is 32.1 Å². The third-order valence-corrected chi connectivity index (χ3v) is 5.04. The van der Waals surface area contributed by atoms with Crippen molar-refractivity contribution in [3.05, 3.63) is 0 Å². The molecule has 2 aliphatic heterocycles. The molecule has 0 radical (unpaired) electrons. The van der Waals surface area contributed by atoms with Crippen LogP contribution in [0.2, 0.25) is 0 Å². The molecular weight excluding hydrogens is 212 g/mol. The van der Waals surface area contributed by atoms with Crippen molar-refractivity contribution in [2.24, 2.45) is 5.92 Å². The summed E-state index contributed by atoms with van der Waals surface area (Å²) in [6.07, 6.45) is 9.03. The minimum absolute atomic E-state index is 0.0899. The van der Waals surface area contributed by atoms with Gasteiger partial charge in [0.25, 0.3) is 0 Å². The van der Waals surface area contributed by atoms with Gasteiger partial charge in [-0.1, -0.05) is 12.8 Å². The van der Waals surface area contributed by atoms with E-state index in [0.717, 1.165) is 19.3 Å². The summed E-state index contributed by atoms with van der Waals surface area (Å²) in [5.74, 6) is 0.238. The van der Waals surface area contributed by atoms with Crippen LogP contribution in [0.5, 0.6) is 0 Å². The predicted octanol–water partition coefficient (Wildman–Crippen LogP) is 2.06.